The second-order valence-corrected chi connectivity index (χ2v) is 6.41. The number of aromatic amines is 2. The van der Waals surface area contributed by atoms with Gasteiger partial charge in [0.15, 0.2) is 6.04 Å². The van der Waals surface area contributed by atoms with E-state index in [-0.39, 0.29) is 5.56 Å². The highest BCUT2D eigenvalue weighted by Gasteiger charge is 2.48. The molecule has 0 aromatic carbocycles. The third-order valence-electron chi connectivity index (χ3n) is 4.88. The molecule has 0 radical (unpaired) electrons. The Balaban J connectivity index is 1.69. The van der Waals surface area contributed by atoms with E-state index >= 15 is 0 Å². The van der Waals surface area contributed by atoms with Gasteiger partial charge in [-0.1, -0.05) is 0 Å². The van der Waals surface area contributed by atoms with Gasteiger partial charge in [0.1, 0.15) is 0 Å². The van der Waals surface area contributed by atoms with Crippen molar-refractivity contribution in [2.24, 2.45) is 10.5 Å². The van der Waals surface area contributed by atoms with Crippen LogP contribution < -0.4 is 16.7 Å². The predicted molar refractivity (Wildman–Crippen MR) is 82.7 cm³/mol. The third-order valence-corrected chi connectivity index (χ3v) is 4.88. The number of rotatable bonds is 2. The first-order chi connectivity index (χ1) is 11.1. The number of allylic oxidation sites excluding steroid dienone is 1. The van der Waals surface area contributed by atoms with Crippen LogP contribution in [0.15, 0.2) is 32.7 Å². The zero-order valence-electron chi connectivity index (χ0n) is 12.4. The molecule has 1 unspecified atom stereocenters. The molecule has 1 atom stereocenters. The fourth-order valence-corrected chi connectivity index (χ4v) is 3.30. The summed E-state index contributed by atoms with van der Waals surface area (Å²) in [6.45, 7) is 1.87. The molecule has 1 spiro atoms. The van der Waals surface area contributed by atoms with Gasteiger partial charge in [0.2, 0.25) is 0 Å². The fourth-order valence-electron chi connectivity index (χ4n) is 3.30. The molecule has 1 aromatic heterocycles. The summed E-state index contributed by atoms with van der Waals surface area (Å²) < 4.78 is 0. The number of hydrazone groups is 1. The van der Waals surface area contributed by atoms with Crippen molar-refractivity contribution in [2.75, 3.05) is 13.1 Å². The van der Waals surface area contributed by atoms with Crippen LogP contribution in [0.3, 0.4) is 0 Å². The van der Waals surface area contributed by atoms with Crippen molar-refractivity contribution in [3.05, 3.63) is 44.4 Å². The van der Waals surface area contributed by atoms with E-state index in [1.165, 1.54) is 19.0 Å². The smallest absolute Gasteiger partial charge is 0.325 e. The molecule has 3 heterocycles. The van der Waals surface area contributed by atoms with Gasteiger partial charge in [-0.3, -0.25) is 15.2 Å². The molecule has 118 valence electrons. The first-order valence-corrected chi connectivity index (χ1v) is 7.62. The lowest BCUT2D eigenvalue weighted by Crippen LogP contribution is -2.40. The van der Waals surface area contributed by atoms with Crippen LogP contribution in [0.5, 0.6) is 0 Å². The molecule has 2 fully saturated rings. The second kappa shape index (κ2) is 4.84. The van der Waals surface area contributed by atoms with E-state index in [4.69, 9.17) is 0 Å². The van der Waals surface area contributed by atoms with Gasteiger partial charge in [0.05, 0.1) is 23.0 Å². The minimum absolute atomic E-state index is 0.270. The van der Waals surface area contributed by atoms with Gasteiger partial charge in [-0.05, 0) is 30.8 Å². The van der Waals surface area contributed by atoms with E-state index in [0.717, 1.165) is 25.2 Å². The average molecular weight is 312 g/mol. The molecule has 1 aliphatic carbocycles. The molecule has 3 N–H and O–H groups in total. The number of likely N-dealkylation sites (tertiary alicyclic amines) is 1. The summed E-state index contributed by atoms with van der Waals surface area (Å²) in [6.07, 6.45) is 6.77. The first kappa shape index (κ1) is 13.8. The average Bonchev–Trinajstić information content (AvgIpc) is 3.16. The van der Waals surface area contributed by atoms with Crippen LogP contribution >= 0.6 is 0 Å². The first-order valence-electron chi connectivity index (χ1n) is 7.62. The number of hydrogen-bond donors (Lipinski definition) is 3. The minimum Gasteiger partial charge on any atom is -0.372 e. The monoisotopic (exact) mass is 312 g/mol. The Hall–Kier alpha value is -2.82. The predicted octanol–water partition coefficient (Wildman–Crippen LogP) is -0.368. The highest BCUT2D eigenvalue weighted by atomic mass is 16.2. The molecule has 8 nitrogen and oxygen atoms in total. The van der Waals surface area contributed by atoms with E-state index in [1.807, 2.05) is 0 Å². The standard InChI is InChI=1S/C15H16N6O2/c16-6-11-12(21-4-3-15(8-21)1-2-15)5-10(19-20-11)9-7-17-14(23)18-13(9)22/h5,7,11,20H,1-4,8H2,(H2,17,18,22,23). The number of nitriles is 1. The Morgan fingerprint density at radius 2 is 2.17 bits per heavy atom. The Morgan fingerprint density at radius 3 is 2.83 bits per heavy atom. The number of nitrogens with one attached hydrogen (secondary N) is 3. The Labute approximate surface area is 131 Å². The normalized spacial score (nSPS) is 24.7. The van der Waals surface area contributed by atoms with Crippen molar-refractivity contribution >= 4 is 5.71 Å². The van der Waals surface area contributed by atoms with Crippen molar-refractivity contribution in [1.82, 2.24) is 20.3 Å². The van der Waals surface area contributed by atoms with Crippen molar-refractivity contribution in [2.45, 2.75) is 25.3 Å². The summed E-state index contributed by atoms with van der Waals surface area (Å²) in [5, 5.41) is 13.5. The molecule has 1 saturated carbocycles. The van der Waals surface area contributed by atoms with Gasteiger partial charge in [0.25, 0.3) is 5.56 Å². The van der Waals surface area contributed by atoms with Gasteiger partial charge in [0, 0.05) is 19.3 Å². The van der Waals surface area contributed by atoms with Crippen molar-refractivity contribution in [3.63, 3.8) is 0 Å². The molecular formula is C15H16N6O2. The summed E-state index contributed by atoms with van der Waals surface area (Å²) >= 11 is 0. The molecule has 0 amide bonds. The Kier molecular flexibility index (Phi) is 2.91. The lowest BCUT2D eigenvalue weighted by Gasteiger charge is -2.28. The van der Waals surface area contributed by atoms with Crippen LogP contribution in [0.4, 0.5) is 0 Å². The van der Waals surface area contributed by atoms with E-state index in [1.54, 1.807) is 6.08 Å². The van der Waals surface area contributed by atoms with Crippen molar-refractivity contribution < 1.29 is 0 Å². The van der Waals surface area contributed by atoms with E-state index in [2.05, 4.69) is 31.5 Å². The van der Waals surface area contributed by atoms with Gasteiger partial charge in [-0.15, -0.1) is 0 Å². The number of aromatic nitrogens is 2. The molecule has 2 aliphatic heterocycles. The molecule has 1 saturated heterocycles. The zero-order valence-corrected chi connectivity index (χ0v) is 12.4. The highest BCUT2D eigenvalue weighted by molar-refractivity contribution is 6.09. The van der Waals surface area contributed by atoms with E-state index in [0.29, 0.717) is 11.1 Å². The van der Waals surface area contributed by atoms with Gasteiger partial charge >= 0.3 is 5.69 Å². The summed E-state index contributed by atoms with van der Waals surface area (Å²) in [4.78, 5) is 29.9. The van der Waals surface area contributed by atoms with Crippen LogP contribution in [0.1, 0.15) is 24.8 Å². The maximum atomic E-state index is 11.9. The third kappa shape index (κ3) is 2.34. The minimum atomic E-state index is -0.558. The Morgan fingerprint density at radius 1 is 1.35 bits per heavy atom. The van der Waals surface area contributed by atoms with E-state index in [9.17, 15) is 14.9 Å². The summed E-state index contributed by atoms with van der Waals surface area (Å²) in [6, 6.07) is 1.68. The lowest BCUT2D eigenvalue weighted by molar-refractivity contribution is 0.367. The second-order valence-electron chi connectivity index (χ2n) is 6.41. The number of nitrogens with zero attached hydrogens (tertiary/aromatic N) is 3. The molecule has 4 rings (SSSR count). The SMILES string of the molecule is N#CC1NN=C(c2c[nH]c(=O)[nH]c2=O)C=C1N1CCC2(CC2)C1. The number of H-pyrrole nitrogens is 2. The van der Waals surface area contributed by atoms with E-state index < -0.39 is 17.3 Å². The zero-order chi connectivity index (χ0) is 16.0. The summed E-state index contributed by atoms with van der Waals surface area (Å²) in [7, 11) is 0. The van der Waals surface area contributed by atoms with Crippen LogP contribution in [-0.2, 0) is 0 Å². The van der Waals surface area contributed by atoms with Gasteiger partial charge in [-0.25, -0.2) is 4.79 Å². The van der Waals surface area contributed by atoms with Crippen molar-refractivity contribution in [1.29, 1.82) is 5.26 Å². The van der Waals surface area contributed by atoms with Crippen molar-refractivity contribution in [3.8, 4) is 6.07 Å². The van der Waals surface area contributed by atoms with Gasteiger partial charge < -0.3 is 9.88 Å². The molecular weight excluding hydrogens is 296 g/mol. The number of hydrogen-bond acceptors (Lipinski definition) is 6. The van der Waals surface area contributed by atoms with Crippen LogP contribution in [0.2, 0.25) is 0 Å². The van der Waals surface area contributed by atoms with Gasteiger partial charge in [-0.2, -0.15) is 10.4 Å². The molecule has 1 aromatic rings. The quantitative estimate of drug-likeness (QED) is 0.689. The van der Waals surface area contributed by atoms with Crippen LogP contribution in [0.25, 0.3) is 0 Å². The largest absolute Gasteiger partial charge is 0.372 e. The van der Waals surface area contributed by atoms with Crippen LogP contribution in [-0.4, -0.2) is 39.7 Å². The molecule has 8 heteroatoms. The topological polar surface area (TPSA) is 117 Å². The lowest BCUT2D eigenvalue weighted by atomic mass is 10.1. The highest BCUT2D eigenvalue weighted by Crippen LogP contribution is 2.53. The van der Waals surface area contributed by atoms with Crippen LogP contribution in [0, 0.1) is 16.7 Å². The summed E-state index contributed by atoms with van der Waals surface area (Å²) in [5.74, 6) is 0. The molecule has 0 bridgehead atoms. The molecule has 23 heavy (non-hydrogen) atoms. The summed E-state index contributed by atoms with van der Waals surface area (Å²) in [5.41, 5.74) is 3.71. The maximum absolute atomic E-state index is 11.9. The Bertz CT molecular complexity index is 867. The maximum Gasteiger partial charge on any atom is 0.325 e. The fraction of sp³-hybridized carbons (Fsp3) is 0.467. The molecule has 3 aliphatic rings.